The Kier molecular flexibility index (Phi) is 5.13. The maximum Gasteiger partial charge on any atom is 0.164 e. The monoisotopic (exact) mass is 355 g/mol. The predicted octanol–water partition coefficient (Wildman–Crippen LogP) is 4.80. The first-order valence-electron chi connectivity index (χ1n) is 7.76. The van der Waals surface area contributed by atoms with Crippen LogP contribution in [-0.4, -0.2) is 28.9 Å². The lowest BCUT2D eigenvalue weighted by atomic mass is 10.1. The molecule has 0 unspecified atom stereocenters. The van der Waals surface area contributed by atoms with Gasteiger partial charge in [0.1, 0.15) is 0 Å². The van der Waals surface area contributed by atoms with Crippen LogP contribution in [0.1, 0.15) is 16.7 Å². The highest BCUT2D eigenvalue weighted by Crippen LogP contribution is 2.29. The molecular formula is C19H18ClN3S. The lowest BCUT2D eigenvalue weighted by Gasteiger charge is -2.21. The molecule has 1 aliphatic rings. The van der Waals surface area contributed by atoms with E-state index in [1.807, 2.05) is 37.3 Å². The van der Waals surface area contributed by atoms with Crippen molar-refractivity contribution in [2.24, 2.45) is 4.99 Å². The number of hydrogen-bond donors (Lipinski definition) is 0. The van der Waals surface area contributed by atoms with Crippen molar-refractivity contribution in [2.75, 3.05) is 12.8 Å². The Balaban J connectivity index is 1.75. The van der Waals surface area contributed by atoms with Crippen LogP contribution in [0.4, 0.5) is 5.69 Å². The number of aliphatic imine (C=N–C) groups is 1. The number of likely N-dealkylation sites (N-methyl/N-ethyl adjacent to an activating group) is 1. The van der Waals surface area contributed by atoms with E-state index in [4.69, 9.17) is 21.9 Å². The molecule has 0 N–H and O–H groups in total. The van der Waals surface area contributed by atoms with Crippen molar-refractivity contribution in [1.29, 1.82) is 5.26 Å². The maximum absolute atomic E-state index is 8.96. The molecule has 2 aromatic rings. The van der Waals surface area contributed by atoms with E-state index < -0.39 is 0 Å². The number of amidine groups is 1. The standard InChI is InChI=1S/C19H18ClN3S/c1-13-9-15(11-21)5-8-18(13)22-19-23(2)17(12-24-19)10-14-3-6-16(20)7-4-14/h3-9,17H,10,12H2,1-2H3/t17-/m0/s1. The van der Waals surface area contributed by atoms with Gasteiger partial charge in [-0.15, -0.1) is 0 Å². The lowest BCUT2D eigenvalue weighted by Crippen LogP contribution is -2.31. The normalized spacial score (nSPS) is 18.8. The van der Waals surface area contributed by atoms with Crippen LogP contribution in [0.3, 0.4) is 0 Å². The van der Waals surface area contributed by atoms with Crippen molar-refractivity contribution in [3.8, 4) is 6.07 Å². The van der Waals surface area contributed by atoms with E-state index in [0.717, 1.165) is 33.6 Å². The van der Waals surface area contributed by atoms with Gasteiger partial charge in [0.25, 0.3) is 0 Å². The Labute approximate surface area is 152 Å². The molecular weight excluding hydrogens is 338 g/mol. The van der Waals surface area contributed by atoms with Crippen LogP contribution in [0.5, 0.6) is 0 Å². The first-order chi connectivity index (χ1) is 11.6. The molecule has 1 heterocycles. The Morgan fingerprint density at radius 2 is 2.04 bits per heavy atom. The van der Waals surface area contributed by atoms with Gasteiger partial charge in [0.2, 0.25) is 0 Å². The number of nitriles is 1. The number of rotatable bonds is 3. The summed E-state index contributed by atoms with van der Waals surface area (Å²) in [5.41, 5.74) is 3.91. The van der Waals surface area contributed by atoms with Crippen molar-refractivity contribution >= 4 is 34.2 Å². The SMILES string of the molecule is Cc1cc(C#N)ccc1N=C1SC[C@H](Cc2ccc(Cl)cc2)N1C. The Bertz CT molecular complexity index is 808. The first kappa shape index (κ1) is 16.9. The number of aryl methyl sites for hydroxylation is 1. The third-order valence-corrected chi connectivity index (χ3v) is 5.62. The van der Waals surface area contributed by atoms with Crippen molar-refractivity contribution < 1.29 is 0 Å². The smallest absolute Gasteiger partial charge is 0.164 e. The van der Waals surface area contributed by atoms with E-state index in [0.29, 0.717) is 11.6 Å². The summed E-state index contributed by atoms with van der Waals surface area (Å²) < 4.78 is 0. The van der Waals surface area contributed by atoms with E-state index in [1.165, 1.54) is 5.56 Å². The fraction of sp³-hybridized carbons (Fsp3) is 0.263. The van der Waals surface area contributed by atoms with E-state index in [1.54, 1.807) is 11.8 Å². The molecule has 0 spiro atoms. The average Bonchev–Trinajstić information content (AvgIpc) is 2.92. The van der Waals surface area contributed by atoms with Gasteiger partial charge in [-0.25, -0.2) is 4.99 Å². The summed E-state index contributed by atoms with van der Waals surface area (Å²) in [5.74, 6) is 1.02. The van der Waals surface area contributed by atoms with Crippen LogP contribution < -0.4 is 0 Å². The molecule has 1 atom stereocenters. The zero-order valence-corrected chi connectivity index (χ0v) is 15.2. The van der Waals surface area contributed by atoms with E-state index in [-0.39, 0.29) is 0 Å². The highest BCUT2D eigenvalue weighted by atomic mass is 35.5. The van der Waals surface area contributed by atoms with Gasteiger partial charge in [0.15, 0.2) is 5.17 Å². The van der Waals surface area contributed by atoms with Gasteiger partial charge >= 0.3 is 0 Å². The Hall–Kier alpha value is -1.96. The maximum atomic E-state index is 8.96. The van der Waals surface area contributed by atoms with E-state index in [2.05, 4.69) is 30.1 Å². The number of hydrogen-bond acceptors (Lipinski definition) is 3. The summed E-state index contributed by atoms with van der Waals surface area (Å²) in [4.78, 5) is 7.04. The van der Waals surface area contributed by atoms with Crippen LogP contribution in [0.2, 0.25) is 5.02 Å². The summed E-state index contributed by atoms with van der Waals surface area (Å²) >= 11 is 7.73. The fourth-order valence-corrected chi connectivity index (χ4v) is 4.02. The molecule has 0 aromatic heterocycles. The zero-order chi connectivity index (χ0) is 17.1. The number of halogens is 1. The van der Waals surface area contributed by atoms with Gasteiger partial charge in [-0.3, -0.25) is 0 Å². The van der Waals surface area contributed by atoms with Crippen LogP contribution in [0.15, 0.2) is 47.5 Å². The van der Waals surface area contributed by atoms with E-state index >= 15 is 0 Å². The van der Waals surface area contributed by atoms with Crippen LogP contribution in [-0.2, 0) is 6.42 Å². The summed E-state index contributed by atoms with van der Waals surface area (Å²) in [7, 11) is 2.10. The van der Waals surface area contributed by atoms with Gasteiger partial charge in [-0.2, -0.15) is 5.26 Å². The molecule has 0 bridgehead atoms. The summed E-state index contributed by atoms with van der Waals surface area (Å²) in [6.07, 6.45) is 0.978. The van der Waals surface area contributed by atoms with Crippen LogP contribution in [0.25, 0.3) is 0 Å². The largest absolute Gasteiger partial charge is 0.350 e. The average molecular weight is 356 g/mol. The third-order valence-electron chi connectivity index (χ3n) is 4.18. The molecule has 2 aromatic carbocycles. The minimum Gasteiger partial charge on any atom is -0.350 e. The highest BCUT2D eigenvalue weighted by Gasteiger charge is 2.27. The molecule has 0 saturated carbocycles. The van der Waals surface area contributed by atoms with Crippen LogP contribution >= 0.6 is 23.4 Å². The van der Waals surface area contributed by atoms with Crippen molar-refractivity contribution in [3.05, 3.63) is 64.2 Å². The Morgan fingerprint density at radius 1 is 1.29 bits per heavy atom. The van der Waals surface area contributed by atoms with Gasteiger partial charge in [0, 0.05) is 23.9 Å². The molecule has 1 fully saturated rings. The van der Waals surface area contributed by atoms with Gasteiger partial charge in [0.05, 0.1) is 17.3 Å². The second kappa shape index (κ2) is 7.29. The summed E-state index contributed by atoms with van der Waals surface area (Å²) in [6.45, 7) is 1.99. The van der Waals surface area contributed by atoms with Crippen molar-refractivity contribution in [1.82, 2.24) is 4.90 Å². The topological polar surface area (TPSA) is 39.4 Å². The van der Waals surface area contributed by atoms with Gasteiger partial charge < -0.3 is 4.90 Å². The van der Waals surface area contributed by atoms with Gasteiger partial charge in [-0.05, 0) is 54.8 Å². The molecule has 5 heteroatoms. The van der Waals surface area contributed by atoms with Crippen molar-refractivity contribution in [3.63, 3.8) is 0 Å². The second-order valence-electron chi connectivity index (χ2n) is 5.91. The highest BCUT2D eigenvalue weighted by molar-refractivity contribution is 8.14. The molecule has 3 nitrogen and oxygen atoms in total. The molecule has 24 heavy (non-hydrogen) atoms. The fourth-order valence-electron chi connectivity index (χ4n) is 2.69. The third kappa shape index (κ3) is 3.75. The molecule has 122 valence electrons. The number of thioether (sulfide) groups is 1. The minimum absolute atomic E-state index is 0.425. The zero-order valence-electron chi connectivity index (χ0n) is 13.7. The molecule has 3 rings (SSSR count). The minimum atomic E-state index is 0.425. The number of benzene rings is 2. The second-order valence-corrected chi connectivity index (χ2v) is 7.34. The summed E-state index contributed by atoms with van der Waals surface area (Å²) in [5, 5.41) is 10.8. The molecule has 0 aliphatic carbocycles. The number of nitrogens with zero attached hydrogens (tertiary/aromatic N) is 3. The van der Waals surface area contributed by atoms with Crippen molar-refractivity contribution in [2.45, 2.75) is 19.4 Å². The summed E-state index contributed by atoms with van der Waals surface area (Å²) in [6, 6.07) is 16.2. The first-order valence-corrected chi connectivity index (χ1v) is 9.12. The molecule has 1 aliphatic heterocycles. The molecule has 0 amide bonds. The quantitative estimate of drug-likeness (QED) is 0.794. The Morgan fingerprint density at radius 3 is 2.71 bits per heavy atom. The van der Waals surface area contributed by atoms with Crippen LogP contribution in [0, 0.1) is 18.3 Å². The molecule has 1 saturated heterocycles. The predicted molar refractivity (Wildman–Crippen MR) is 102 cm³/mol. The lowest BCUT2D eigenvalue weighted by molar-refractivity contribution is 0.412. The van der Waals surface area contributed by atoms with E-state index in [9.17, 15) is 0 Å². The van der Waals surface area contributed by atoms with Gasteiger partial charge in [-0.1, -0.05) is 35.5 Å². The molecule has 0 radical (unpaired) electrons.